The minimum absolute atomic E-state index is 0.412. The zero-order valence-corrected chi connectivity index (χ0v) is 14.4. The van der Waals surface area contributed by atoms with E-state index >= 15 is 0 Å². The van der Waals surface area contributed by atoms with E-state index in [9.17, 15) is 0 Å². The van der Waals surface area contributed by atoms with Crippen molar-refractivity contribution in [2.75, 3.05) is 7.05 Å². The average Bonchev–Trinajstić information content (AvgIpc) is 2.25. The van der Waals surface area contributed by atoms with Crippen molar-refractivity contribution >= 4 is 15.9 Å². The Kier molecular flexibility index (Phi) is 6.48. The third-order valence-corrected chi connectivity index (χ3v) is 3.73. The van der Waals surface area contributed by atoms with E-state index in [2.05, 4.69) is 67.0 Å². The van der Waals surface area contributed by atoms with Gasteiger partial charge in [-0.15, -0.1) is 0 Å². The van der Waals surface area contributed by atoms with Crippen LogP contribution in [0.4, 0.5) is 0 Å². The lowest BCUT2D eigenvalue weighted by Gasteiger charge is -2.26. The first-order chi connectivity index (χ1) is 8.80. The molecule has 0 saturated heterocycles. The van der Waals surface area contributed by atoms with Crippen molar-refractivity contribution < 1.29 is 0 Å². The van der Waals surface area contributed by atoms with Crippen LogP contribution in [0.5, 0.6) is 0 Å². The molecule has 0 amide bonds. The fourth-order valence-corrected chi connectivity index (χ4v) is 3.18. The third-order valence-electron chi connectivity index (χ3n) is 3.30. The predicted molar refractivity (Wildman–Crippen MR) is 86.3 cm³/mol. The molecule has 1 aromatic rings. The Morgan fingerprint density at radius 1 is 1.32 bits per heavy atom. The second-order valence-corrected chi connectivity index (χ2v) is 7.72. The van der Waals surface area contributed by atoms with Crippen molar-refractivity contribution in [3.63, 3.8) is 0 Å². The summed E-state index contributed by atoms with van der Waals surface area (Å²) in [5.74, 6) is 0.734. The van der Waals surface area contributed by atoms with Crippen LogP contribution in [0.25, 0.3) is 0 Å². The van der Waals surface area contributed by atoms with Crippen LogP contribution >= 0.6 is 15.9 Å². The summed E-state index contributed by atoms with van der Waals surface area (Å²) in [5, 5.41) is 3.44. The van der Waals surface area contributed by atoms with Crippen molar-refractivity contribution in [1.29, 1.82) is 0 Å². The molecule has 2 nitrogen and oxygen atoms in total. The number of rotatable bonds is 6. The predicted octanol–water partition coefficient (Wildman–Crippen LogP) is 4.44. The molecule has 1 rings (SSSR count). The van der Waals surface area contributed by atoms with E-state index in [1.807, 2.05) is 12.4 Å². The monoisotopic (exact) mass is 326 g/mol. The second kappa shape index (κ2) is 7.39. The molecule has 0 bridgehead atoms. The molecule has 0 radical (unpaired) electrons. The van der Waals surface area contributed by atoms with Crippen LogP contribution in [0.1, 0.15) is 46.1 Å². The molecule has 3 heteroatoms. The zero-order chi connectivity index (χ0) is 14.5. The summed E-state index contributed by atoms with van der Waals surface area (Å²) in [6.07, 6.45) is 7.31. The number of likely N-dealkylation sites (N-methyl/N-ethyl adjacent to an activating group) is 1. The zero-order valence-electron chi connectivity index (χ0n) is 12.8. The maximum atomic E-state index is 4.24. The third kappa shape index (κ3) is 7.07. The summed E-state index contributed by atoms with van der Waals surface area (Å²) < 4.78 is 1.06. The van der Waals surface area contributed by atoms with E-state index in [1.54, 1.807) is 0 Å². The SMILES string of the molecule is CNC(Cc1cncc(Br)c1)CC(C)CC(C)(C)C. The molecule has 2 unspecified atom stereocenters. The number of nitrogens with zero attached hydrogens (tertiary/aromatic N) is 1. The maximum Gasteiger partial charge on any atom is 0.0410 e. The van der Waals surface area contributed by atoms with Gasteiger partial charge in [-0.25, -0.2) is 0 Å². The maximum absolute atomic E-state index is 4.24. The van der Waals surface area contributed by atoms with Crippen molar-refractivity contribution in [1.82, 2.24) is 10.3 Å². The highest BCUT2D eigenvalue weighted by atomic mass is 79.9. The molecular weight excluding hydrogens is 300 g/mol. The normalized spacial score (nSPS) is 15.3. The van der Waals surface area contributed by atoms with Gasteiger partial charge in [0.2, 0.25) is 0 Å². The first kappa shape index (κ1) is 16.6. The van der Waals surface area contributed by atoms with Gasteiger partial charge in [0.05, 0.1) is 0 Å². The van der Waals surface area contributed by atoms with E-state index in [4.69, 9.17) is 0 Å². The number of nitrogens with one attached hydrogen (secondary N) is 1. The average molecular weight is 327 g/mol. The molecule has 0 aromatic carbocycles. The molecule has 0 aliphatic heterocycles. The second-order valence-electron chi connectivity index (χ2n) is 6.81. The molecule has 108 valence electrons. The number of pyridine rings is 1. The van der Waals surface area contributed by atoms with Gasteiger partial charge in [0.15, 0.2) is 0 Å². The fraction of sp³-hybridized carbons (Fsp3) is 0.688. The highest BCUT2D eigenvalue weighted by molar-refractivity contribution is 9.10. The summed E-state index contributed by atoms with van der Waals surface area (Å²) in [5.41, 5.74) is 1.70. The van der Waals surface area contributed by atoms with Crippen LogP contribution in [0.2, 0.25) is 0 Å². The summed E-state index contributed by atoms with van der Waals surface area (Å²) >= 11 is 3.48. The molecule has 1 N–H and O–H groups in total. The molecule has 0 saturated carbocycles. The molecular formula is C16H27BrN2. The topological polar surface area (TPSA) is 24.9 Å². The summed E-state index contributed by atoms with van der Waals surface area (Å²) in [6, 6.07) is 2.68. The van der Waals surface area contributed by atoms with Gasteiger partial charge in [0.25, 0.3) is 0 Å². The Balaban J connectivity index is 2.54. The molecule has 0 aliphatic carbocycles. The molecule has 0 spiro atoms. The van der Waals surface area contributed by atoms with Gasteiger partial charge in [-0.05, 0) is 65.2 Å². The van der Waals surface area contributed by atoms with Crippen LogP contribution in [-0.4, -0.2) is 18.1 Å². The Bertz CT molecular complexity index is 385. The van der Waals surface area contributed by atoms with Crippen molar-refractivity contribution in [3.05, 3.63) is 28.5 Å². The van der Waals surface area contributed by atoms with E-state index in [0.717, 1.165) is 16.8 Å². The Hall–Kier alpha value is -0.410. The Labute approximate surface area is 126 Å². The minimum Gasteiger partial charge on any atom is -0.317 e. The lowest BCUT2D eigenvalue weighted by molar-refractivity contribution is 0.277. The summed E-state index contributed by atoms with van der Waals surface area (Å²) in [7, 11) is 2.06. The Morgan fingerprint density at radius 2 is 2.00 bits per heavy atom. The van der Waals surface area contributed by atoms with Gasteiger partial charge in [0, 0.05) is 22.9 Å². The van der Waals surface area contributed by atoms with Crippen LogP contribution in [0.15, 0.2) is 22.9 Å². The van der Waals surface area contributed by atoms with Gasteiger partial charge >= 0.3 is 0 Å². The molecule has 19 heavy (non-hydrogen) atoms. The van der Waals surface area contributed by atoms with E-state index < -0.39 is 0 Å². The smallest absolute Gasteiger partial charge is 0.0410 e. The quantitative estimate of drug-likeness (QED) is 0.836. The Morgan fingerprint density at radius 3 is 2.53 bits per heavy atom. The highest BCUT2D eigenvalue weighted by Crippen LogP contribution is 2.27. The fourth-order valence-electron chi connectivity index (χ4n) is 2.77. The molecule has 0 aliphatic rings. The van der Waals surface area contributed by atoms with E-state index in [1.165, 1.54) is 18.4 Å². The molecule has 1 heterocycles. The van der Waals surface area contributed by atoms with Gasteiger partial charge in [-0.3, -0.25) is 4.98 Å². The van der Waals surface area contributed by atoms with E-state index in [0.29, 0.717) is 11.5 Å². The minimum atomic E-state index is 0.412. The standard InChI is InChI=1S/C16H27BrN2/c1-12(9-16(2,3)4)6-15(18-5)8-13-7-14(17)11-19-10-13/h7,10-12,15,18H,6,8-9H2,1-5H3. The summed E-state index contributed by atoms with van der Waals surface area (Å²) in [6.45, 7) is 9.30. The number of hydrogen-bond acceptors (Lipinski definition) is 2. The van der Waals surface area contributed by atoms with Gasteiger partial charge in [-0.1, -0.05) is 27.7 Å². The highest BCUT2D eigenvalue weighted by Gasteiger charge is 2.18. The first-order valence-corrected chi connectivity index (χ1v) is 7.86. The molecule has 2 atom stereocenters. The van der Waals surface area contributed by atoms with Gasteiger partial charge in [0.1, 0.15) is 0 Å². The van der Waals surface area contributed by atoms with E-state index in [-0.39, 0.29) is 0 Å². The molecule has 1 aromatic heterocycles. The van der Waals surface area contributed by atoms with Crippen molar-refractivity contribution in [2.24, 2.45) is 11.3 Å². The molecule has 0 fully saturated rings. The van der Waals surface area contributed by atoms with Crippen LogP contribution < -0.4 is 5.32 Å². The van der Waals surface area contributed by atoms with Gasteiger partial charge < -0.3 is 5.32 Å². The lowest BCUT2D eigenvalue weighted by Crippen LogP contribution is -2.30. The van der Waals surface area contributed by atoms with Crippen molar-refractivity contribution in [3.8, 4) is 0 Å². The number of hydrogen-bond donors (Lipinski definition) is 1. The van der Waals surface area contributed by atoms with Crippen molar-refractivity contribution in [2.45, 2.75) is 53.0 Å². The van der Waals surface area contributed by atoms with Crippen LogP contribution in [0.3, 0.4) is 0 Å². The summed E-state index contributed by atoms with van der Waals surface area (Å²) in [4.78, 5) is 4.24. The largest absolute Gasteiger partial charge is 0.317 e. The first-order valence-electron chi connectivity index (χ1n) is 7.07. The number of aromatic nitrogens is 1. The van der Waals surface area contributed by atoms with Crippen LogP contribution in [-0.2, 0) is 6.42 Å². The van der Waals surface area contributed by atoms with Crippen LogP contribution in [0, 0.1) is 11.3 Å². The lowest BCUT2D eigenvalue weighted by atomic mass is 9.82. The van der Waals surface area contributed by atoms with Gasteiger partial charge in [-0.2, -0.15) is 0 Å². The number of halogens is 1.